The Morgan fingerprint density at radius 3 is 2.52 bits per heavy atom. The molecule has 1 atom stereocenters. The smallest absolute Gasteiger partial charge is 0.341 e. The van der Waals surface area contributed by atoms with Crippen molar-refractivity contribution >= 4 is 39.2 Å². The number of rotatable bonds is 6. The molecule has 6 nitrogen and oxygen atoms in total. The van der Waals surface area contributed by atoms with Crippen LogP contribution >= 0.6 is 23.2 Å². The summed E-state index contributed by atoms with van der Waals surface area (Å²) in [4.78, 5) is 11.7. The van der Waals surface area contributed by atoms with E-state index in [1.54, 1.807) is 13.8 Å². The number of ether oxygens (including phenoxy) is 2. The lowest BCUT2D eigenvalue weighted by molar-refractivity contribution is 0.00440. The number of esters is 1. The van der Waals surface area contributed by atoms with Crippen LogP contribution in [0.1, 0.15) is 24.2 Å². The van der Waals surface area contributed by atoms with Gasteiger partial charge in [0, 0.05) is 6.61 Å². The molecule has 0 radical (unpaired) electrons. The fourth-order valence-corrected chi connectivity index (χ4v) is 2.96. The minimum atomic E-state index is -4.07. The molecule has 1 aromatic rings. The largest absolute Gasteiger partial charge is 0.457 e. The molecule has 1 unspecified atom stereocenters. The van der Waals surface area contributed by atoms with E-state index in [4.69, 9.17) is 37.8 Å². The minimum absolute atomic E-state index is 0.0268. The van der Waals surface area contributed by atoms with Crippen molar-refractivity contribution in [1.29, 1.82) is 0 Å². The zero-order valence-electron chi connectivity index (χ0n) is 11.4. The van der Waals surface area contributed by atoms with Gasteiger partial charge >= 0.3 is 5.97 Å². The predicted molar refractivity (Wildman–Crippen MR) is 79.2 cm³/mol. The highest BCUT2D eigenvalue weighted by molar-refractivity contribution is 7.89. The number of hydrogen-bond acceptors (Lipinski definition) is 5. The molecule has 0 saturated carbocycles. The van der Waals surface area contributed by atoms with Gasteiger partial charge in [0.05, 0.1) is 22.2 Å². The van der Waals surface area contributed by atoms with Crippen molar-refractivity contribution in [3.63, 3.8) is 0 Å². The maximum absolute atomic E-state index is 12.1. The molecular weight excluding hydrogens is 341 g/mol. The first-order valence-electron chi connectivity index (χ1n) is 5.98. The average Bonchev–Trinajstić information content (AvgIpc) is 2.34. The molecule has 0 aliphatic heterocycles. The summed E-state index contributed by atoms with van der Waals surface area (Å²) in [5, 5.41) is 4.63. The van der Waals surface area contributed by atoms with Gasteiger partial charge in [0.1, 0.15) is 11.0 Å². The van der Waals surface area contributed by atoms with E-state index in [-0.39, 0.29) is 22.2 Å². The highest BCUT2D eigenvalue weighted by atomic mass is 35.5. The fraction of sp³-hybridized carbons (Fsp3) is 0.417. The van der Waals surface area contributed by atoms with Crippen molar-refractivity contribution in [3.05, 3.63) is 27.7 Å². The molecule has 1 rings (SSSR count). The van der Waals surface area contributed by atoms with Gasteiger partial charge in [-0.25, -0.2) is 18.4 Å². The lowest BCUT2D eigenvalue weighted by atomic mass is 10.2. The normalized spacial score (nSPS) is 13.0. The molecule has 0 amide bonds. The van der Waals surface area contributed by atoms with Gasteiger partial charge in [-0.3, -0.25) is 0 Å². The zero-order valence-corrected chi connectivity index (χ0v) is 13.8. The summed E-state index contributed by atoms with van der Waals surface area (Å²) < 4.78 is 33.0. The second kappa shape index (κ2) is 7.42. The fourth-order valence-electron chi connectivity index (χ4n) is 1.50. The lowest BCUT2D eigenvalue weighted by Crippen LogP contribution is -2.22. The molecule has 21 heavy (non-hydrogen) atoms. The van der Waals surface area contributed by atoms with Crippen LogP contribution in [-0.4, -0.2) is 33.7 Å². The molecule has 0 fully saturated rings. The molecule has 2 N–H and O–H groups in total. The number of hydrogen-bond donors (Lipinski definition) is 1. The van der Waals surface area contributed by atoms with Gasteiger partial charge in [0.25, 0.3) is 0 Å². The number of benzene rings is 1. The molecule has 118 valence electrons. The Kier molecular flexibility index (Phi) is 6.42. The summed E-state index contributed by atoms with van der Waals surface area (Å²) in [6.45, 7) is 4.10. The van der Waals surface area contributed by atoms with Gasteiger partial charge in [-0.15, -0.1) is 0 Å². The Labute approximate surface area is 133 Å². The Hall–Kier alpha value is -0.860. The SMILES string of the molecule is CCOCC(C)OC(=O)c1c(Cl)ccc(S(N)(=O)=O)c1Cl. The van der Waals surface area contributed by atoms with Crippen molar-refractivity contribution in [2.75, 3.05) is 13.2 Å². The van der Waals surface area contributed by atoms with Gasteiger partial charge in [-0.05, 0) is 26.0 Å². The topological polar surface area (TPSA) is 95.7 Å². The number of primary sulfonamides is 1. The molecule has 0 aliphatic rings. The summed E-state index contributed by atoms with van der Waals surface area (Å²) in [7, 11) is -4.07. The minimum Gasteiger partial charge on any atom is -0.457 e. The van der Waals surface area contributed by atoms with Crippen LogP contribution in [0.15, 0.2) is 17.0 Å². The van der Waals surface area contributed by atoms with Crippen molar-refractivity contribution in [1.82, 2.24) is 0 Å². The van der Waals surface area contributed by atoms with Crippen LogP contribution < -0.4 is 5.14 Å². The molecule has 9 heteroatoms. The van der Waals surface area contributed by atoms with E-state index in [0.717, 1.165) is 6.07 Å². The summed E-state index contributed by atoms with van der Waals surface area (Å²) in [6.07, 6.45) is -0.539. The Morgan fingerprint density at radius 1 is 1.38 bits per heavy atom. The number of carbonyl (C=O) groups excluding carboxylic acids is 1. The highest BCUT2D eigenvalue weighted by Crippen LogP contribution is 2.31. The van der Waals surface area contributed by atoms with E-state index in [2.05, 4.69) is 0 Å². The van der Waals surface area contributed by atoms with Crippen molar-refractivity contribution in [2.24, 2.45) is 5.14 Å². The summed E-state index contributed by atoms with van der Waals surface area (Å²) >= 11 is 11.8. The highest BCUT2D eigenvalue weighted by Gasteiger charge is 2.24. The zero-order chi connectivity index (χ0) is 16.2. The second-order valence-electron chi connectivity index (χ2n) is 4.15. The van der Waals surface area contributed by atoms with Crippen molar-refractivity contribution in [2.45, 2.75) is 24.8 Å². The van der Waals surface area contributed by atoms with Gasteiger partial charge in [0.2, 0.25) is 10.0 Å². The van der Waals surface area contributed by atoms with Gasteiger partial charge in [0.15, 0.2) is 0 Å². The third-order valence-corrected chi connectivity index (χ3v) is 4.20. The van der Waals surface area contributed by atoms with Gasteiger partial charge in [-0.2, -0.15) is 0 Å². The molecule has 0 saturated heterocycles. The Morgan fingerprint density at radius 2 is 2.00 bits per heavy atom. The van der Waals surface area contributed by atoms with Crippen LogP contribution in [0.5, 0.6) is 0 Å². The van der Waals surface area contributed by atoms with Crippen LogP contribution in [0.3, 0.4) is 0 Å². The lowest BCUT2D eigenvalue weighted by Gasteiger charge is -2.15. The van der Waals surface area contributed by atoms with E-state index >= 15 is 0 Å². The molecule has 0 spiro atoms. The van der Waals surface area contributed by atoms with E-state index < -0.39 is 27.0 Å². The summed E-state index contributed by atoms with van der Waals surface area (Å²) in [5.74, 6) is -0.845. The number of sulfonamides is 1. The predicted octanol–water partition coefficient (Wildman–Crippen LogP) is 2.22. The van der Waals surface area contributed by atoms with E-state index in [9.17, 15) is 13.2 Å². The Bertz CT molecular complexity index is 633. The van der Waals surface area contributed by atoms with Crippen LogP contribution in [0.4, 0.5) is 0 Å². The monoisotopic (exact) mass is 355 g/mol. The standard InChI is InChI=1S/C12H15Cl2NO5S/c1-3-19-6-7(2)20-12(16)10-8(13)4-5-9(11(10)14)21(15,17)18/h4-5,7H,3,6H2,1-2H3,(H2,15,17,18). The van der Waals surface area contributed by atoms with Crippen LogP contribution in [0.2, 0.25) is 10.0 Å². The first kappa shape index (κ1) is 18.2. The summed E-state index contributed by atoms with van der Waals surface area (Å²) in [5.41, 5.74) is -0.242. The van der Waals surface area contributed by atoms with Gasteiger partial charge in [-0.1, -0.05) is 23.2 Å². The molecule has 0 heterocycles. The first-order valence-corrected chi connectivity index (χ1v) is 8.28. The van der Waals surface area contributed by atoms with Crippen LogP contribution in [-0.2, 0) is 19.5 Å². The Balaban J connectivity index is 3.10. The maximum atomic E-state index is 12.1. The third-order valence-electron chi connectivity index (χ3n) is 2.43. The molecular formula is C12H15Cl2NO5S. The first-order chi connectivity index (χ1) is 9.68. The van der Waals surface area contributed by atoms with Gasteiger partial charge < -0.3 is 9.47 Å². The quantitative estimate of drug-likeness (QED) is 0.789. The second-order valence-corrected chi connectivity index (χ2v) is 6.47. The van der Waals surface area contributed by atoms with E-state index in [1.165, 1.54) is 6.07 Å². The maximum Gasteiger partial charge on any atom is 0.341 e. The number of halogens is 2. The summed E-state index contributed by atoms with van der Waals surface area (Å²) in [6, 6.07) is 2.34. The van der Waals surface area contributed by atoms with E-state index in [0.29, 0.717) is 6.61 Å². The molecule has 0 aliphatic carbocycles. The average molecular weight is 356 g/mol. The number of carbonyl (C=O) groups is 1. The van der Waals surface area contributed by atoms with E-state index in [1.807, 2.05) is 0 Å². The van der Waals surface area contributed by atoms with Crippen LogP contribution in [0.25, 0.3) is 0 Å². The number of nitrogens with two attached hydrogens (primary N) is 1. The van der Waals surface area contributed by atoms with Crippen molar-refractivity contribution in [3.8, 4) is 0 Å². The van der Waals surface area contributed by atoms with Crippen LogP contribution in [0, 0.1) is 0 Å². The van der Waals surface area contributed by atoms with Crippen molar-refractivity contribution < 1.29 is 22.7 Å². The molecule has 0 bridgehead atoms. The molecule has 1 aromatic carbocycles. The third kappa shape index (κ3) is 4.82. The molecule has 0 aromatic heterocycles.